The number of fused-ring (bicyclic) bond motifs is 2. The Morgan fingerprint density at radius 2 is 1.91 bits per heavy atom. The lowest BCUT2D eigenvalue weighted by molar-refractivity contribution is 0.873. The van der Waals surface area contributed by atoms with Crippen LogP contribution in [-0.4, -0.2) is 23.6 Å². The van der Waals surface area contributed by atoms with Crippen LogP contribution < -0.4 is 5.32 Å². The number of nitrogens with one attached hydrogen (secondary N) is 2. The number of hydrogen-bond donors (Lipinski definition) is 2. The normalized spacial score (nSPS) is 12.7. The van der Waals surface area contributed by atoms with Gasteiger partial charge in [0.25, 0.3) is 0 Å². The van der Waals surface area contributed by atoms with Gasteiger partial charge in [-0.05, 0) is 36.1 Å². The number of aromatic amines is 1. The van der Waals surface area contributed by atoms with Crippen molar-refractivity contribution in [2.45, 2.75) is 20.3 Å². The average molecular weight is 441 g/mol. The van der Waals surface area contributed by atoms with Crippen LogP contribution in [0.3, 0.4) is 0 Å². The molecule has 162 valence electrons. The minimum Gasteiger partial charge on any atom is -0.370 e. The number of aliphatic imine (C=N–C) groups is 2. The van der Waals surface area contributed by atoms with Gasteiger partial charge in [0.15, 0.2) is 0 Å². The van der Waals surface area contributed by atoms with E-state index in [9.17, 15) is 0 Å². The number of benzene rings is 2. The summed E-state index contributed by atoms with van der Waals surface area (Å²) in [4.78, 5) is 12.5. The van der Waals surface area contributed by atoms with Gasteiger partial charge >= 0.3 is 0 Å². The molecule has 0 spiro atoms. The molecule has 0 bridgehead atoms. The molecule has 4 rings (SSSR count). The van der Waals surface area contributed by atoms with Crippen LogP contribution in [0.25, 0.3) is 26.7 Å². The van der Waals surface area contributed by atoms with Gasteiger partial charge in [-0.3, -0.25) is 4.99 Å². The van der Waals surface area contributed by atoms with Crippen molar-refractivity contribution in [3.05, 3.63) is 90.1 Å². The first kappa shape index (κ1) is 21.8. The number of rotatable bonds is 8. The molecule has 4 nitrogen and oxygen atoms in total. The minimum absolute atomic E-state index is 0.405. The van der Waals surface area contributed by atoms with Crippen molar-refractivity contribution in [2.75, 3.05) is 6.54 Å². The molecule has 2 aromatic heterocycles. The summed E-state index contributed by atoms with van der Waals surface area (Å²) in [6, 6.07) is 16.7. The fourth-order valence-corrected chi connectivity index (χ4v) is 4.51. The van der Waals surface area contributed by atoms with Gasteiger partial charge < -0.3 is 10.3 Å². The summed E-state index contributed by atoms with van der Waals surface area (Å²) >= 11 is 1.72. The zero-order chi connectivity index (χ0) is 22.3. The van der Waals surface area contributed by atoms with Crippen LogP contribution in [0.4, 0.5) is 0 Å². The van der Waals surface area contributed by atoms with Crippen molar-refractivity contribution in [2.24, 2.45) is 15.9 Å². The molecule has 2 N–H and O–H groups in total. The molecule has 0 fully saturated rings. The Balaban J connectivity index is 1.51. The van der Waals surface area contributed by atoms with Gasteiger partial charge in [-0.2, -0.15) is 0 Å². The molecule has 0 radical (unpaired) electrons. The summed E-state index contributed by atoms with van der Waals surface area (Å²) in [6.07, 6.45) is 8.59. The van der Waals surface area contributed by atoms with Crippen LogP contribution in [0.1, 0.15) is 25.0 Å². The van der Waals surface area contributed by atoms with Crippen molar-refractivity contribution in [3.8, 4) is 0 Å². The zero-order valence-electron chi connectivity index (χ0n) is 18.5. The summed E-state index contributed by atoms with van der Waals surface area (Å²) in [7, 11) is 0. The highest BCUT2D eigenvalue weighted by molar-refractivity contribution is 7.17. The first-order valence-electron chi connectivity index (χ1n) is 10.8. The van der Waals surface area contributed by atoms with Crippen LogP contribution in [0.15, 0.2) is 88.9 Å². The molecule has 5 heteroatoms. The first-order chi connectivity index (χ1) is 15.6. The van der Waals surface area contributed by atoms with Crippen LogP contribution in [-0.2, 0) is 6.42 Å². The predicted molar refractivity (Wildman–Crippen MR) is 141 cm³/mol. The van der Waals surface area contributed by atoms with Crippen molar-refractivity contribution >= 4 is 50.1 Å². The first-order valence-corrected chi connectivity index (χ1v) is 11.7. The Bertz CT molecular complexity index is 1300. The van der Waals surface area contributed by atoms with E-state index in [1.165, 1.54) is 21.0 Å². The van der Waals surface area contributed by atoms with Crippen molar-refractivity contribution < 1.29 is 0 Å². The van der Waals surface area contributed by atoms with Gasteiger partial charge in [-0.1, -0.05) is 56.8 Å². The van der Waals surface area contributed by atoms with E-state index in [2.05, 4.69) is 89.8 Å². The zero-order valence-corrected chi connectivity index (χ0v) is 19.3. The van der Waals surface area contributed by atoms with E-state index in [-0.39, 0.29) is 0 Å². The molecule has 0 saturated heterocycles. The molecule has 0 aliphatic heterocycles. The van der Waals surface area contributed by atoms with E-state index in [0.29, 0.717) is 5.92 Å². The monoisotopic (exact) mass is 440 g/mol. The Labute approximate surface area is 193 Å². The molecule has 32 heavy (non-hydrogen) atoms. The van der Waals surface area contributed by atoms with Crippen molar-refractivity contribution in [1.82, 2.24) is 10.3 Å². The molecule has 2 heterocycles. The van der Waals surface area contributed by atoms with E-state index in [1.807, 2.05) is 18.4 Å². The molecule has 4 aromatic rings. The van der Waals surface area contributed by atoms with Crippen LogP contribution in [0, 0.1) is 5.92 Å². The van der Waals surface area contributed by atoms with Gasteiger partial charge in [-0.15, -0.1) is 11.3 Å². The summed E-state index contributed by atoms with van der Waals surface area (Å²) < 4.78 is 1.24. The van der Waals surface area contributed by atoms with Gasteiger partial charge in [0.05, 0.1) is 5.70 Å². The smallest absolute Gasteiger partial charge is 0.128 e. The summed E-state index contributed by atoms with van der Waals surface area (Å²) in [6.45, 7) is 9.22. The van der Waals surface area contributed by atoms with Crippen LogP contribution >= 0.6 is 11.3 Å². The third-order valence-electron chi connectivity index (χ3n) is 5.13. The molecule has 2 aromatic carbocycles. The average Bonchev–Trinajstić information content (AvgIpc) is 3.41. The summed E-state index contributed by atoms with van der Waals surface area (Å²) in [5.41, 5.74) is 4.27. The standard InChI is InChI=1S/C27H28N4S/c1-19(2)16-28-14-13-27(29-15-12-21-17-30-25-10-6-4-8-22(21)25)31-20(3)24-18-32-26-11-7-5-9-23(24)26/h4-11,13-14,16-19,30H,3,12,15H2,1-2H3,(H,29,31)/b14-13+,28-16+. The fraction of sp³-hybridized carbons (Fsp3) is 0.185. The SMILES string of the molecule is C=C(\N=C(/C=C/N=C/C(C)C)NCCc1c[nH]c2ccccc12)c1csc2ccccc12. The maximum atomic E-state index is 4.82. The fourth-order valence-electron chi connectivity index (χ4n) is 3.54. The Morgan fingerprint density at radius 3 is 2.75 bits per heavy atom. The molecule has 0 atom stereocenters. The van der Waals surface area contributed by atoms with E-state index in [0.717, 1.165) is 35.6 Å². The topological polar surface area (TPSA) is 52.5 Å². The van der Waals surface area contributed by atoms with E-state index in [1.54, 1.807) is 17.5 Å². The van der Waals surface area contributed by atoms with E-state index in [4.69, 9.17) is 4.99 Å². The van der Waals surface area contributed by atoms with Crippen LogP contribution in [0.5, 0.6) is 0 Å². The molecule has 0 aliphatic carbocycles. The largest absolute Gasteiger partial charge is 0.370 e. The second-order valence-electron chi connectivity index (χ2n) is 7.98. The summed E-state index contributed by atoms with van der Waals surface area (Å²) in [5.74, 6) is 1.16. The molecule has 0 saturated carbocycles. The highest BCUT2D eigenvalue weighted by Gasteiger charge is 2.08. The third kappa shape index (κ3) is 5.24. The van der Waals surface area contributed by atoms with E-state index < -0.39 is 0 Å². The van der Waals surface area contributed by atoms with Gasteiger partial charge in [-0.25, -0.2) is 4.99 Å². The number of aromatic nitrogens is 1. The second-order valence-corrected chi connectivity index (χ2v) is 8.89. The van der Waals surface area contributed by atoms with Crippen molar-refractivity contribution in [1.29, 1.82) is 0 Å². The van der Waals surface area contributed by atoms with Gasteiger partial charge in [0.2, 0.25) is 0 Å². The van der Waals surface area contributed by atoms with Gasteiger partial charge in [0.1, 0.15) is 5.84 Å². The molecule has 0 amide bonds. The van der Waals surface area contributed by atoms with Gasteiger partial charge in [0, 0.05) is 57.1 Å². The summed E-state index contributed by atoms with van der Waals surface area (Å²) in [5, 5.41) is 8.04. The molecule has 0 unspecified atom stereocenters. The number of H-pyrrole nitrogens is 1. The van der Waals surface area contributed by atoms with Crippen LogP contribution in [0.2, 0.25) is 0 Å². The number of nitrogens with zero attached hydrogens (tertiary/aromatic N) is 2. The molecular formula is C27H28N4S. The quantitative estimate of drug-likeness (QED) is 0.229. The number of amidine groups is 1. The number of hydrogen-bond acceptors (Lipinski definition) is 3. The lowest BCUT2D eigenvalue weighted by Crippen LogP contribution is -2.24. The third-order valence-corrected chi connectivity index (χ3v) is 6.09. The predicted octanol–water partition coefficient (Wildman–Crippen LogP) is 6.82. The highest BCUT2D eigenvalue weighted by atomic mass is 32.1. The second kappa shape index (κ2) is 10.2. The van der Waals surface area contributed by atoms with E-state index >= 15 is 0 Å². The number of thiophene rings is 1. The maximum absolute atomic E-state index is 4.82. The Morgan fingerprint density at radius 1 is 1.12 bits per heavy atom. The highest BCUT2D eigenvalue weighted by Crippen LogP contribution is 2.30. The lowest BCUT2D eigenvalue weighted by Gasteiger charge is -2.08. The molecule has 0 aliphatic rings. The maximum Gasteiger partial charge on any atom is 0.128 e. The Kier molecular flexibility index (Phi) is 6.97. The number of para-hydroxylation sites is 1. The molecular weight excluding hydrogens is 412 g/mol. The van der Waals surface area contributed by atoms with Crippen molar-refractivity contribution in [3.63, 3.8) is 0 Å². The lowest BCUT2D eigenvalue weighted by atomic mass is 10.1. The minimum atomic E-state index is 0.405. The Hall–Kier alpha value is -3.44.